The van der Waals surface area contributed by atoms with E-state index in [1.807, 2.05) is 0 Å². The highest BCUT2D eigenvalue weighted by Gasteiger charge is 2.24. The molecule has 0 radical (unpaired) electrons. The topological polar surface area (TPSA) is 49.3 Å². The molecule has 0 bridgehead atoms. The highest BCUT2D eigenvalue weighted by molar-refractivity contribution is 5.78. The number of benzene rings is 1. The van der Waals surface area contributed by atoms with Crippen molar-refractivity contribution >= 4 is 5.91 Å². The van der Waals surface area contributed by atoms with Crippen LogP contribution in [-0.4, -0.2) is 17.1 Å². The summed E-state index contributed by atoms with van der Waals surface area (Å²) in [5, 5.41) is 12.5. The summed E-state index contributed by atoms with van der Waals surface area (Å²) in [6.07, 6.45) is 2.91. The molecule has 0 unspecified atom stereocenters. The third kappa shape index (κ3) is 3.80. The molecule has 1 fully saturated rings. The van der Waals surface area contributed by atoms with Crippen LogP contribution in [0.5, 0.6) is 0 Å². The fourth-order valence-electron chi connectivity index (χ4n) is 2.66. The molecule has 0 atom stereocenters. The van der Waals surface area contributed by atoms with Crippen molar-refractivity contribution in [3.05, 3.63) is 34.9 Å². The average Bonchev–Trinajstić information content (AvgIpc) is 2.40. The van der Waals surface area contributed by atoms with E-state index in [-0.39, 0.29) is 17.9 Å². The Morgan fingerprint density at radius 1 is 1.26 bits per heavy atom. The SMILES string of the molecule is Cc1ccc(C)c(CNC(=O)C2CCC(O)CC2)c1. The Bertz CT molecular complexity index is 448. The minimum atomic E-state index is -0.205. The first kappa shape index (κ1) is 14.1. The zero-order valence-corrected chi connectivity index (χ0v) is 11.8. The lowest BCUT2D eigenvalue weighted by atomic mass is 9.87. The molecule has 1 aromatic rings. The van der Waals surface area contributed by atoms with Crippen molar-refractivity contribution in [2.75, 3.05) is 0 Å². The second-order valence-corrected chi connectivity index (χ2v) is 5.65. The van der Waals surface area contributed by atoms with Crippen molar-refractivity contribution in [3.63, 3.8) is 0 Å². The van der Waals surface area contributed by atoms with Gasteiger partial charge in [0.25, 0.3) is 0 Å². The lowest BCUT2D eigenvalue weighted by Gasteiger charge is -2.24. The van der Waals surface area contributed by atoms with Gasteiger partial charge >= 0.3 is 0 Å². The molecule has 2 N–H and O–H groups in total. The van der Waals surface area contributed by atoms with Gasteiger partial charge in [0.1, 0.15) is 0 Å². The van der Waals surface area contributed by atoms with Gasteiger partial charge in [0.2, 0.25) is 5.91 Å². The summed E-state index contributed by atoms with van der Waals surface area (Å²) in [6.45, 7) is 4.73. The lowest BCUT2D eigenvalue weighted by Crippen LogP contribution is -2.33. The second-order valence-electron chi connectivity index (χ2n) is 5.65. The molecule has 0 heterocycles. The van der Waals surface area contributed by atoms with Crippen molar-refractivity contribution in [2.24, 2.45) is 5.92 Å². The summed E-state index contributed by atoms with van der Waals surface area (Å²) >= 11 is 0. The van der Waals surface area contributed by atoms with Gasteiger partial charge in [0.05, 0.1) is 6.10 Å². The zero-order chi connectivity index (χ0) is 13.8. The summed E-state index contributed by atoms with van der Waals surface area (Å²) in [5.41, 5.74) is 3.62. The van der Waals surface area contributed by atoms with E-state index >= 15 is 0 Å². The molecule has 0 aromatic heterocycles. The molecule has 104 valence electrons. The zero-order valence-electron chi connectivity index (χ0n) is 11.8. The Morgan fingerprint density at radius 3 is 2.63 bits per heavy atom. The predicted molar refractivity (Wildman–Crippen MR) is 75.7 cm³/mol. The van der Waals surface area contributed by atoms with E-state index in [1.165, 1.54) is 16.7 Å². The molecule has 19 heavy (non-hydrogen) atoms. The molecule has 0 spiro atoms. The molecule has 1 aliphatic rings. The first-order valence-electron chi connectivity index (χ1n) is 7.08. The van der Waals surface area contributed by atoms with E-state index in [0.717, 1.165) is 25.7 Å². The molecule has 1 aliphatic carbocycles. The molecule has 2 rings (SSSR count). The van der Waals surface area contributed by atoms with E-state index in [4.69, 9.17) is 0 Å². The standard InChI is InChI=1S/C16H23NO2/c1-11-3-4-12(2)14(9-11)10-17-16(19)13-5-7-15(18)8-6-13/h3-4,9,13,15,18H,5-8,10H2,1-2H3,(H,17,19). The Balaban J connectivity index is 1.88. The maximum absolute atomic E-state index is 12.1. The Kier molecular flexibility index (Phi) is 4.59. The number of nitrogens with one attached hydrogen (secondary N) is 1. The highest BCUT2D eigenvalue weighted by atomic mass is 16.3. The Labute approximate surface area is 115 Å². The summed E-state index contributed by atoms with van der Waals surface area (Å²) < 4.78 is 0. The number of amides is 1. The molecule has 1 amide bonds. The van der Waals surface area contributed by atoms with Crippen molar-refractivity contribution in [3.8, 4) is 0 Å². The minimum Gasteiger partial charge on any atom is -0.393 e. The van der Waals surface area contributed by atoms with Crippen LogP contribution < -0.4 is 5.32 Å². The number of hydrogen-bond acceptors (Lipinski definition) is 2. The normalized spacial score (nSPS) is 23.1. The molecule has 0 saturated heterocycles. The fraction of sp³-hybridized carbons (Fsp3) is 0.562. The number of aliphatic hydroxyl groups excluding tert-OH is 1. The smallest absolute Gasteiger partial charge is 0.223 e. The number of carbonyl (C=O) groups excluding carboxylic acids is 1. The summed E-state index contributed by atoms with van der Waals surface area (Å²) in [4.78, 5) is 12.1. The second kappa shape index (κ2) is 6.20. The molecule has 3 nitrogen and oxygen atoms in total. The maximum Gasteiger partial charge on any atom is 0.223 e. The van der Waals surface area contributed by atoms with Crippen LogP contribution in [0.15, 0.2) is 18.2 Å². The van der Waals surface area contributed by atoms with E-state index < -0.39 is 0 Å². The van der Waals surface area contributed by atoms with Crippen LogP contribution in [0.3, 0.4) is 0 Å². The van der Waals surface area contributed by atoms with E-state index in [9.17, 15) is 9.90 Å². The lowest BCUT2D eigenvalue weighted by molar-refractivity contribution is -0.126. The predicted octanol–water partition coefficient (Wildman–Crippen LogP) is 2.47. The van der Waals surface area contributed by atoms with Gasteiger partial charge in [-0.1, -0.05) is 23.8 Å². The first-order chi connectivity index (χ1) is 9.06. The summed E-state index contributed by atoms with van der Waals surface area (Å²) in [5.74, 6) is 0.210. The van der Waals surface area contributed by atoms with Crippen LogP contribution in [0.1, 0.15) is 42.4 Å². The van der Waals surface area contributed by atoms with Gasteiger partial charge < -0.3 is 10.4 Å². The van der Waals surface area contributed by atoms with Crippen molar-refractivity contribution in [2.45, 2.75) is 52.2 Å². The molecular weight excluding hydrogens is 238 g/mol. The number of aryl methyl sites for hydroxylation is 2. The van der Waals surface area contributed by atoms with Crippen LogP contribution in [-0.2, 0) is 11.3 Å². The van der Waals surface area contributed by atoms with E-state index in [0.29, 0.717) is 6.54 Å². The molecule has 1 aromatic carbocycles. The van der Waals surface area contributed by atoms with Gasteiger partial charge in [-0.2, -0.15) is 0 Å². The number of hydrogen-bond donors (Lipinski definition) is 2. The van der Waals surface area contributed by atoms with Gasteiger partial charge in [-0.3, -0.25) is 4.79 Å². The first-order valence-corrected chi connectivity index (χ1v) is 7.08. The summed E-state index contributed by atoms with van der Waals surface area (Å²) in [6, 6.07) is 6.30. The van der Waals surface area contributed by atoms with Crippen molar-refractivity contribution < 1.29 is 9.90 Å². The summed E-state index contributed by atoms with van der Waals surface area (Å²) in [7, 11) is 0. The maximum atomic E-state index is 12.1. The molecule has 3 heteroatoms. The van der Waals surface area contributed by atoms with Crippen molar-refractivity contribution in [1.29, 1.82) is 0 Å². The van der Waals surface area contributed by atoms with Crippen LogP contribution in [0.25, 0.3) is 0 Å². The quantitative estimate of drug-likeness (QED) is 0.878. The van der Waals surface area contributed by atoms with Gasteiger partial charge in [-0.05, 0) is 50.7 Å². The average molecular weight is 261 g/mol. The number of carbonyl (C=O) groups is 1. The highest BCUT2D eigenvalue weighted by Crippen LogP contribution is 2.24. The van der Waals surface area contributed by atoms with Crippen LogP contribution in [0, 0.1) is 19.8 Å². The Morgan fingerprint density at radius 2 is 1.95 bits per heavy atom. The fourth-order valence-corrected chi connectivity index (χ4v) is 2.66. The van der Waals surface area contributed by atoms with Gasteiger partial charge in [0, 0.05) is 12.5 Å². The largest absolute Gasteiger partial charge is 0.393 e. The number of rotatable bonds is 3. The van der Waals surface area contributed by atoms with Crippen LogP contribution >= 0.6 is 0 Å². The molecular formula is C16H23NO2. The number of aliphatic hydroxyl groups is 1. The van der Waals surface area contributed by atoms with Crippen molar-refractivity contribution in [1.82, 2.24) is 5.32 Å². The van der Waals surface area contributed by atoms with Gasteiger partial charge in [0.15, 0.2) is 0 Å². The monoisotopic (exact) mass is 261 g/mol. The van der Waals surface area contributed by atoms with Gasteiger partial charge in [-0.15, -0.1) is 0 Å². The van der Waals surface area contributed by atoms with Crippen LogP contribution in [0.4, 0.5) is 0 Å². The Hall–Kier alpha value is -1.35. The molecule has 1 saturated carbocycles. The molecule has 0 aliphatic heterocycles. The third-order valence-electron chi connectivity index (χ3n) is 4.03. The van der Waals surface area contributed by atoms with E-state index in [1.54, 1.807) is 0 Å². The minimum absolute atomic E-state index is 0.0773. The van der Waals surface area contributed by atoms with Gasteiger partial charge in [-0.25, -0.2) is 0 Å². The third-order valence-corrected chi connectivity index (χ3v) is 4.03. The van der Waals surface area contributed by atoms with Crippen LogP contribution in [0.2, 0.25) is 0 Å². The van der Waals surface area contributed by atoms with E-state index in [2.05, 4.69) is 37.4 Å².